The molecule has 3 aliphatic rings. The van der Waals surface area contributed by atoms with Gasteiger partial charge in [0.2, 0.25) is 0 Å². The second-order valence-electron chi connectivity index (χ2n) is 10.2. The van der Waals surface area contributed by atoms with Crippen molar-refractivity contribution in [3.05, 3.63) is 59.9 Å². The third-order valence-electron chi connectivity index (χ3n) is 8.90. The molecule has 31 heavy (non-hydrogen) atoms. The van der Waals surface area contributed by atoms with E-state index in [2.05, 4.69) is 53.4 Å². The minimum absolute atomic E-state index is 0.205. The number of phenolic OH excluding ortho intramolecular Hbond substituents is 1. The van der Waals surface area contributed by atoms with Crippen LogP contribution < -0.4 is 5.32 Å². The fourth-order valence-electron chi connectivity index (χ4n) is 7.24. The monoisotopic (exact) mass is 413 g/mol. The summed E-state index contributed by atoms with van der Waals surface area (Å²) in [5, 5.41) is 16.9. The van der Waals surface area contributed by atoms with E-state index in [4.69, 9.17) is 0 Å². The number of phenols is 1. The number of aromatic nitrogens is 1. The largest absolute Gasteiger partial charge is 0.506 e. The standard InChI is InChI=1S/C27H31N3O/c1-26-9-3-4-10-27(26)11-13-30(2)25(26)15-19-14-23(24(31)16-21(19)27)29-22-7-5-6-18-17-28-12-8-20(18)22/h5-8,12,14,16-17,25,29,31H,3-4,9-11,13,15H2,1-2H3/t25-,26+,27+/m0/s1. The van der Waals surface area contributed by atoms with Crippen LogP contribution in [-0.2, 0) is 11.8 Å². The predicted octanol–water partition coefficient (Wildman–Crippen LogP) is 5.76. The molecule has 0 spiro atoms. The smallest absolute Gasteiger partial charge is 0.139 e. The van der Waals surface area contributed by atoms with Crippen molar-refractivity contribution in [2.45, 2.75) is 56.9 Å². The van der Waals surface area contributed by atoms with Crippen molar-refractivity contribution in [3.63, 3.8) is 0 Å². The van der Waals surface area contributed by atoms with Crippen molar-refractivity contribution in [3.8, 4) is 5.75 Å². The van der Waals surface area contributed by atoms with E-state index >= 15 is 0 Å². The molecular formula is C27H31N3O. The van der Waals surface area contributed by atoms with Gasteiger partial charge in [-0.05, 0) is 80.1 Å². The molecule has 2 bridgehead atoms. The Kier molecular flexibility index (Phi) is 4.13. The summed E-state index contributed by atoms with van der Waals surface area (Å²) in [6.45, 7) is 3.69. The maximum atomic E-state index is 11.1. The summed E-state index contributed by atoms with van der Waals surface area (Å²) in [6.07, 6.45) is 11.2. The molecule has 1 aliphatic heterocycles. The summed E-state index contributed by atoms with van der Waals surface area (Å²) in [4.78, 5) is 6.84. The highest BCUT2D eigenvalue weighted by molar-refractivity contribution is 5.95. The summed E-state index contributed by atoms with van der Waals surface area (Å²) < 4.78 is 0. The van der Waals surface area contributed by atoms with Crippen LogP contribution in [0.15, 0.2) is 48.8 Å². The number of nitrogens with one attached hydrogen (secondary N) is 1. The molecule has 4 nitrogen and oxygen atoms in total. The first-order valence-corrected chi connectivity index (χ1v) is 11.7. The van der Waals surface area contributed by atoms with E-state index in [1.54, 1.807) is 0 Å². The summed E-state index contributed by atoms with van der Waals surface area (Å²) in [6, 6.07) is 13.1. The van der Waals surface area contributed by atoms with E-state index in [9.17, 15) is 5.11 Å². The van der Waals surface area contributed by atoms with Gasteiger partial charge in [-0.2, -0.15) is 0 Å². The van der Waals surface area contributed by atoms with Crippen molar-refractivity contribution < 1.29 is 5.11 Å². The highest BCUT2D eigenvalue weighted by atomic mass is 16.3. The fraction of sp³-hybridized carbons (Fsp3) is 0.444. The van der Waals surface area contributed by atoms with Crippen LogP contribution in [0.25, 0.3) is 10.8 Å². The highest BCUT2D eigenvalue weighted by Crippen LogP contribution is 2.63. The summed E-state index contributed by atoms with van der Waals surface area (Å²) in [5.74, 6) is 0.365. The number of aromatic hydroxyl groups is 1. The van der Waals surface area contributed by atoms with Crippen LogP contribution in [-0.4, -0.2) is 34.6 Å². The normalized spacial score (nSPS) is 29.9. The lowest BCUT2D eigenvalue weighted by Gasteiger charge is -2.65. The van der Waals surface area contributed by atoms with Crippen molar-refractivity contribution >= 4 is 22.1 Å². The van der Waals surface area contributed by atoms with Gasteiger partial charge in [-0.25, -0.2) is 0 Å². The molecule has 0 radical (unpaired) electrons. The molecule has 2 heterocycles. The molecule has 1 saturated heterocycles. The second-order valence-corrected chi connectivity index (χ2v) is 10.2. The first kappa shape index (κ1) is 19.1. The molecule has 6 rings (SSSR count). The first-order valence-electron chi connectivity index (χ1n) is 11.7. The van der Waals surface area contributed by atoms with Crippen molar-refractivity contribution in [2.75, 3.05) is 18.9 Å². The lowest BCUT2D eigenvalue weighted by atomic mass is 9.45. The van der Waals surface area contributed by atoms with E-state index in [0.29, 0.717) is 17.2 Å². The van der Waals surface area contributed by atoms with Crippen molar-refractivity contribution in [1.29, 1.82) is 0 Å². The Morgan fingerprint density at radius 3 is 2.87 bits per heavy atom. The van der Waals surface area contributed by atoms with E-state index in [-0.39, 0.29) is 5.41 Å². The maximum absolute atomic E-state index is 11.1. The van der Waals surface area contributed by atoms with Crippen LogP contribution in [0.5, 0.6) is 5.75 Å². The SMILES string of the molecule is CN1CC[C@@]23CCCC[C@]2(C)[C@@H]1Cc1cc(Nc2cccc4cnccc24)c(O)cc13. The number of rotatable bonds is 2. The summed E-state index contributed by atoms with van der Waals surface area (Å²) in [5.41, 5.74) is 5.15. The lowest BCUT2D eigenvalue weighted by molar-refractivity contribution is -0.0735. The number of hydrogen-bond donors (Lipinski definition) is 2. The van der Waals surface area contributed by atoms with Gasteiger partial charge in [0.1, 0.15) is 5.75 Å². The zero-order chi connectivity index (χ0) is 21.2. The van der Waals surface area contributed by atoms with Crippen LogP contribution in [0.4, 0.5) is 11.4 Å². The average Bonchev–Trinajstić information content (AvgIpc) is 2.77. The third kappa shape index (κ3) is 2.61. The molecule has 3 atom stereocenters. The van der Waals surface area contributed by atoms with E-state index in [1.165, 1.54) is 43.2 Å². The number of likely N-dealkylation sites (N-methyl/N-ethyl adjacent to an activating group) is 1. The number of likely N-dealkylation sites (tertiary alicyclic amines) is 1. The molecule has 1 aromatic heterocycles. The van der Waals surface area contributed by atoms with Crippen LogP contribution in [0.3, 0.4) is 0 Å². The molecular weight excluding hydrogens is 382 g/mol. The topological polar surface area (TPSA) is 48.4 Å². The average molecular weight is 414 g/mol. The number of fused-ring (bicyclic) bond motifs is 2. The van der Waals surface area contributed by atoms with Crippen LogP contribution in [0.1, 0.15) is 50.2 Å². The Labute approximate surface area is 184 Å². The highest BCUT2D eigenvalue weighted by Gasteiger charge is 2.60. The van der Waals surface area contributed by atoms with Crippen LogP contribution in [0.2, 0.25) is 0 Å². The number of benzene rings is 2. The van der Waals surface area contributed by atoms with Gasteiger partial charge in [-0.3, -0.25) is 4.98 Å². The van der Waals surface area contributed by atoms with Gasteiger partial charge >= 0.3 is 0 Å². The minimum atomic E-state index is 0.205. The van der Waals surface area contributed by atoms with E-state index in [0.717, 1.165) is 35.1 Å². The van der Waals surface area contributed by atoms with Gasteiger partial charge in [0, 0.05) is 40.3 Å². The van der Waals surface area contributed by atoms with Gasteiger partial charge in [0.05, 0.1) is 5.69 Å². The number of hydrogen-bond acceptors (Lipinski definition) is 4. The molecule has 1 saturated carbocycles. The van der Waals surface area contributed by atoms with Gasteiger partial charge in [0.25, 0.3) is 0 Å². The molecule has 0 amide bonds. The summed E-state index contributed by atoms with van der Waals surface area (Å²) >= 11 is 0. The number of anilines is 2. The number of nitrogens with zero attached hydrogens (tertiary/aromatic N) is 2. The van der Waals surface area contributed by atoms with Crippen molar-refractivity contribution in [2.24, 2.45) is 5.41 Å². The minimum Gasteiger partial charge on any atom is -0.506 e. The zero-order valence-electron chi connectivity index (χ0n) is 18.5. The Balaban J connectivity index is 1.46. The Bertz CT molecular complexity index is 1170. The second kappa shape index (κ2) is 6.70. The molecule has 4 heteroatoms. The first-order chi connectivity index (χ1) is 15.0. The Hall–Kier alpha value is -2.59. The predicted molar refractivity (Wildman–Crippen MR) is 126 cm³/mol. The zero-order valence-corrected chi connectivity index (χ0v) is 18.5. The van der Waals surface area contributed by atoms with Gasteiger partial charge < -0.3 is 15.3 Å². The van der Waals surface area contributed by atoms with Crippen LogP contribution in [0, 0.1) is 5.41 Å². The van der Waals surface area contributed by atoms with Gasteiger partial charge in [-0.1, -0.05) is 31.9 Å². The van der Waals surface area contributed by atoms with Gasteiger partial charge in [-0.15, -0.1) is 0 Å². The van der Waals surface area contributed by atoms with E-state index < -0.39 is 0 Å². The molecule has 2 aliphatic carbocycles. The molecule has 3 aromatic rings. The van der Waals surface area contributed by atoms with Gasteiger partial charge in [0.15, 0.2) is 0 Å². The maximum Gasteiger partial charge on any atom is 0.139 e. The Morgan fingerprint density at radius 2 is 1.97 bits per heavy atom. The van der Waals surface area contributed by atoms with Crippen LogP contribution >= 0.6 is 0 Å². The molecule has 160 valence electrons. The number of piperidine rings is 1. The molecule has 2 fully saturated rings. The summed E-state index contributed by atoms with van der Waals surface area (Å²) in [7, 11) is 2.31. The quantitative estimate of drug-likeness (QED) is 0.524. The van der Waals surface area contributed by atoms with Crippen molar-refractivity contribution in [1.82, 2.24) is 9.88 Å². The molecule has 2 aromatic carbocycles. The molecule has 0 unspecified atom stereocenters. The number of pyridine rings is 1. The third-order valence-corrected chi connectivity index (χ3v) is 8.90. The van der Waals surface area contributed by atoms with E-state index in [1.807, 2.05) is 24.5 Å². The Morgan fingerprint density at radius 1 is 1.10 bits per heavy atom. The molecule has 2 N–H and O–H groups in total. The lowest BCUT2D eigenvalue weighted by Crippen LogP contribution is -2.66. The fourth-order valence-corrected chi connectivity index (χ4v) is 7.24.